The van der Waals surface area contributed by atoms with Crippen molar-refractivity contribution >= 4 is 32.7 Å². The van der Waals surface area contributed by atoms with Crippen molar-refractivity contribution in [2.24, 2.45) is 0 Å². The van der Waals surface area contributed by atoms with Crippen LogP contribution in [-0.2, 0) is 23.1 Å². The standard InChI is InChI=1S/C28H32N10O4S/c1-28(2,30-17-24(39)19-7-6-8-21(15-19)35-43(41,42)22-9-4-3-5-10-22)12-14-38-13-11-20-16-23(31-34-26(20)38)27(40)29-18-25-32-36-37-33-25/h3-11,13,15-16,24,30,35,39H,12,14,17-18H2,1-2H3,(H,29,40)(H,32,33,36,37)/t24-/m0/s1. The molecule has 43 heavy (non-hydrogen) atoms. The minimum absolute atomic E-state index is 0.116. The van der Waals surface area contributed by atoms with Gasteiger partial charge in [-0.25, -0.2) is 8.42 Å². The van der Waals surface area contributed by atoms with E-state index in [-0.39, 0.29) is 29.2 Å². The number of aryl methyl sites for hydroxylation is 1. The van der Waals surface area contributed by atoms with Crippen LogP contribution in [0.15, 0.2) is 77.8 Å². The Hall–Kier alpha value is -4.73. The molecule has 0 bridgehead atoms. The van der Waals surface area contributed by atoms with Crippen molar-refractivity contribution in [3.8, 4) is 0 Å². The molecule has 15 heteroatoms. The number of aliphatic hydroxyl groups is 1. The highest BCUT2D eigenvalue weighted by molar-refractivity contribution is 7.92. The number of aromatic amines is 1. The Kier molecular flexibility index (Phi) is 8.75. The number of β-amino-alcohol motifs (C(OH)–C–C–N with tert-alkyl or cyclic N) is 1. The maximum atomic E-state index is 12.7. The van der Waals surface area contributed by atoms with Crippen LogP contribution in [0.5, 0.6) is 0 Å². The van der Waals surface area contributed by atoms with E-state index in [4.69, 9.17) is 0 Å². The Bertz CT molecular complexity index is 1790. The predicted molar refractivity (Wildman–Crippen MR) is 158 cm³/mol. The van der Waals surface area contributed by atoms with Crippen LogP contribution in [0.1, 0.15) is 48.2 Å². The molecule has 0 unspecified atom stereocenters. The van der Waals surface area contributed by atoms with E-state index < -0.39 is 22.0 Å². The summed E-state index contributed by atoms with van der Waals surface area (Å²) in [6.45, 7) is 5.07. The molecule has 224 valence electrons. The molecule has 1 amide bonds. The Balaban J connectivity index is 1.15. The maximum absolute atomic E-state index is 12.7. The number of benzene rings is 2. The van der Waals surface area contributed by atoms with E-state index in [9.17, 15) is 18.3 Å². The van der Waals surface area contributed by atoms with Crippen LogP contribution in [0.25, 0.3) is 11.0 Å². The Morgan fingerprint density at radius 2 is 1.86 bits per heavy atom. The minimum Gasteiger partial charge on any atom is -0.387 e. The number of hydrogen-bond acceptors (Lipinski definition) is 10. The summed E-state index contributed by atoms with van der Waals surface area (Å²) in [6.07, 6.45) is 1.74. The number of anilines is 1. The Morgan fingerprint density at radius 1 is 1.05 bits per heavy atom. The fourth-order valence-corrected chi connectivity index (χ4v) is 5.46. The van der Waals surface area contributed by atoms with Crippen molar-refractivity contribution in [3.63, 3.8) is 0 Å². The highest BCUT2D eigenvalue weighted by Crippen LogP contribution is 2.22. The molecule has 0 fully saturated rings. The zero-order valence-corrected chi connectivity index (χ0v) is 24.4. The molecule has 3 heterocycles. The highest BCUT2D eigenvalue weighted by Gasteiger charge is 2.21. The number of rotatable bonds is 13. The lowest BCUT2D eigenvalue weighted by Gasteiger charge is -2.28. The third-order valence-corrected chi connectivity index (χ3v) is 8.26. The molecular formula is C28H32N10O4S. The molecule has 5 N–H and O–H groups in total. The van der Waals surface area contributed by atoms with E-state index in [1.807, 2.05) is 30.7 Å². The van der Waals surface area contributed by atoms with E-state index in [2.05, 4.69) is 46.2 Å². The van der Waals surface area contributed by atoms with Crippen molar-refractivity contribution in [1.29, 1.82) is 0 Å². The molecule has 5 aromatic rings. The number of aliphatic hydroxyl groups excluding tert-OH is 1. The molecule has 0 spiro atoms. The van der Waals surface area contributed by atoms with Crippen LogP contribution in [0, 0.1) is 0 Å². The molecule has 0 aliphatic carbocycles. The summed E-state index contributed by atoms with van der Waals surface area (Å²) in [5.74, 6) is -0.0351. The van der Waals surface area contributed by atoms with Crippen molar-refractivity contribution in [1.82, 2.24) is 46.0 Å². The van der Waals surface area contributed by atoms with Gasteiger partial charge in [-0.1, -0.05) is 35.5 Å². The lowest BCUT2D eigenvalue weighted by atomic mass is 9.99. The maximum Gasteiger partial charge on any atom is 0.272 e. The molecular weight excluding hydrogens is 572 g/mol. The third kappa shape index (κ3) is 7.57. The third-order valence-electron chi connectivity index (χ3n) is 6.87. The molecule has 0 saturated carbocycles. The van der Waals surface area contributed by atoms with Gasteiger partial charge in [0.25, 0.3) is 15.9 Å². The number of aromatic nitrogens is 7. The molecule has 0 aliphatic heterocycles. The number of nitrogens with one attached hydrogen (secondary N) is 4. The zero-order chi connectivity index (χ0) is 30.5. The van der Waals surface area contributed by atoms with Crippen LogP contribution < -0.4 is 15.4 Å². The number of tetrazole rings is 1. The van der Waals surface area contributed by atoms with Gasteiger partial charge in [0.05, 0.1) is 17.5 Å². The molecule has 1 atom stereocenters. The van der Waals surface area contributed by atoms with Crippen LogP contribution in [0.4, 0.5) is 5.69 Å². The van der Waals surface area contributed by atoms with Gasteiger partial charge in [0.1, 0.15) is 0 Å². The number of carbonyl (C=O) groups excluding carboxylic acids is 1. The van der Waals surface area contributed by atoms with Gasteiger partial charge >= 0.3 is 0 Å². The van der Waals surface area contributed by atoms with Gasteiger partial charge < -0.3 is 20.3 Å². The fourth-order valence-electron chi connectivity index (χ4n) is 4.39. The monoisotopic (exact) mass is 604 g/mol. The van der Waals surface area contributed by atoms with Gasteiger partial charge in [-0.05, 0) is 62.2 Å². The van der Waals surface area contributed by atoms with E-state index in [1.165, 1.54) is 12.1 Å². The summed E-state index contributed by atoms with van der Waals surface area (Å²) in [6, 6.07) is 18.4. The SMILES string of the molecule is CC(C)(CCn1ccc2cc(C(=O)NCc3nn[nH]n3)nnc21)NC[C@H](O)c1cccc(NS(=O)(=O)c2ccccc2)c1. The van der Waals surface area contributed by atoms with Crippen molar-refractivity contribution in [3.05, 3.63) is 90.0 Å². The second-order valence-corrected chi connectivity index (χ2v) is 12.3. The fraction of sp³-hybridized carbons (Fsp3) is 0.286. The number of hydrogen-bond donors (Lipinski definition) is 5. The number of H-pyrrole nitrogens is 1. The molecule has 0 radical (unpaired) electrons. The molecule has 2 aromatic carbocycles. The summed E-state index contributed by atoms with van der Waals surface area (Å²) < 4.78 is 29.9. The molecule has 14 nitrogen and oxygen atoms in total. The van der Waals surface area contributed by atoms with Gasteiger partial charge in [0.15, 0.2) is 17.2 Å². The van der Waals surface area contributed by atoms with Gasteiger partial charge in [-0.2, -0.15) is 5.21 Å². The van der Waals surface area contributed by atoms with Crippen LogP contribution in [0.2, 0.25) is 0 Å². The summed E-state index contributed by atoms with van der Waals surface area (Å²) in [4.78, 5) is 12.6. The topological polar surface area (TPSA) is 193 Å². The summed E-state index contributed by atoms with van der Waals surface area (Å²) in [7, 11) is -3.74. The Morgan fingerprint density at radius 3 is 2.63 bits per heavy atom. The first kappa shape index (κ1) is 29.8. The zero-order valence-electron chi connectivity index (χ0n) is 23.6. The van der Waals surface area contributed by atoms with Crippen LogP contribution >= 0.6 is 0 Å². The van der Waals surface area contributed by atoms with Crippen LogP contribution in [0.3, 0.4) is 0 Å². The largest absolute Gasteiger partial charge is 0.387 e. The van der Waals surface area contributed by atoms with Crippen molar-refractivity contribution in [2.45, 2.75) is 49.9 Å². The number of amides is 1. The summed E-state index contributed by atoms with van der Waals surface area (Å²) in [5, 5.41) is 39.5. The van der Waals surface area contributed by atoms with Crippen molar-refractivity contribution < 1.29 is 18.3 Å². The van der Waals surface area contributed by atoms with Crippen molar-refractivity contribution in [2.75, 3.05) is 11.3 Å². The van der Waals surface area contributed by atoms with Gasteiger partial charge in [0, 0.05) is 35.9 Å². The minimum atomic E-state index is -3.74. The number of fused-ring (bicyclic) bond motifs is 1. The van der Waals surface area contributed by atoms with E-state index in [0.717, 1.165) is 5.39 Å². The van der Waals surface area contributed by atoms with Gasteiger partial charge in [-0.15, -0.1) is 20.4 Å². The normalized spacial score (nSPS) is 12.7. The summed E-state index contributed by atoms with van der Waals surface area (Å²) >= 11 is 0. The average molecular weight is 605 g/mol. The van der Waals surface area contributed by atoms with Crippen LogP contribution in [-0.4, -0.2) is 66.9 Å². The molecule has 0 aliphatic rings. The second-order valence-electron chi connectivity index (χ2n) is 10.6. The smallest absolute Gasteiger partial charge is 0.272 e. The highest BCUT2D eigenvalue weighted by atomic mass is 32.2. The number of carbonyl (C=O) groups is 1. The summed E-state index contributed by atoms with van der Waals surface area (Å²) in [5.41, 5.74) is 1.43. The van der Waals surface area contributed by atoms with E-state index >= 15 is 0 Å². The lowest BCUT2D eigenvalue weighted by molar-refractivity contribution is 0.0944. The lowest BCUT2D eigenvalue weighted by Crippen LogP contribution is -2.42. The quantitative estimate of drug-likeness (QED) is 0.133. The molecule has 0 saturated heterocycles. The first-order valence-corrected chi connectivity index (χ1v) is 15.0. The molecule has 5 rings (SSSR count). The van der Waals surface area contributed by atoms with Gasteiger partial charge in [-0.3, -0.25) is 9.52 Å². The molecule has 3 aromatic heterocycles. The Labute approximate surface area is 248 Å². The first-order chi connectivity index (χ1) is 20.6. The van der Waals surface area contributed by atoms with E-state index in [1.54, 1.807) is 48.5 Å². The first-order valence-electron chi connectivity index (χ1n) is 13.5. The predicted octanol–water partition coefficient (Wildman–Crippen LogP) is 2.17. The second kappa shape index (κ2) is 12.6. The van der Waals surface area contributed by atoms with E-state index in [0.29, 0.717) is 35.7 Å². The van der Waals surface area contributed by atoms with Gasteiger partial charge in [0.2, 0.25) is 0 Å². The number of nitrogens with zero attached hydrogens (tertiary/aromatic N) is 6. The number of sulfonamides is 1. The average Bonchev–Trinajstić information content (AvgIpc) is 3.68.